The van der Waals surface area contributed by atoms with Gasteiger partial charge in [0.2, 0.25) is 5.91 Å². The molecule has 0 bridgehead atoms. The Bertz CT molecular complexity index is 988. The minimum atomic E-state index is -1.04. The van der Waals surface area contributed by atoms with Crippen LogP contribution < -0.4 is 5.32 Å². The largest absolute Gasteiger partial charge is 0.478 e. The molecular weight excluding hydrogens is 320 g/mol. The second-order valence-corrected chi connectivity index (χ2v) is 6.15. The average Bonchev–Trinajstić information content (AvgIpc) is 2.92. The maximum Gasteiger partial charge on any atom is 0.335 e. The van der Waals surface area contributed by atoms with Gasteiger partial charge in [-0.3, -0.25) is 4.79 Å². The quantitative estimate of drug-likeness (QED) is 0.758. The van der Waals surface area contributed by atoms with E-state index in [9.17, 15) is 9.59 Å². The van der Waals surface area contributed by atoms with Gasteiger partial charge in [-0.1, -0.05) is 17.3 Å². The molecule has 3 aromatic rings. The fourth-order valence-electron chi connectivity index (χ4n) is 2.80. The number of nitrogens with one attached hydrogen (secondary N) is 1. The lowest BCUT2D eigenvalue weighted by Crippen LogP contribution is -2.16. The summed E-state index contributed by atoms with van der Waals surface area (Å²) in [5.74, 6) is -1.32. The van der Waals surface area contributed by atoms with Crippen LogP contribution in [0.3, 0.4) is 0 Å². The van der Waals surface area contributed by atoms with Crippen LogP contribution in [0.25, 0.3) is 11.0 Å². The van der Waals surface area contributed by atoms with Crippen molar-refractivity contribution >= 4 is 28.5 Å². The molecule has 2 N–H and O–H groups in total. The van der Waals surface area contributed by atoms with Crippen LogP contribution in [0.2, 0.25) is 0 Å². The number of fused-ring (bicyclic) bond motifs is 1. The molecule has 1 amide bonds. The van der Waals surface area contributed by atoms with Crippen LogP contribution in [0.1, 0.15) is 32.7 Å². The third-order valence-corrected chi connectivity index (χ3v) is 4.06. The topological polar surface area (TPSA) is 92.4 Å². The number of amides is 1. The van der Waals surface area contributed by atoms with Gasteiger partial charge in [-0.2, -0.15) is 0 Å². The molecule has 1 aromatic heterocycles. The number of hydrogen-bond acceptors (Lipinski definition) is 4. The lowest BCUT2D eigenvalue weighted by Gasteiger charge is -2.09. The maximum absolute atomic E-state index is 12.4. The third kappa shape index (κ3) is 3.38. The number of aromatic nitrogens is 1. The second kappa shape index (κ2) is 6.39. The van der Waals surface area contributed by atoms with Crippen LogP contribution in [0.15, 0.2) is 34.9 Å². The van der Waals surface area contributed by atoms with E-state index in [4.69, 9.17) is 9.63 Å². The van der Waals surface area contributed by atoms with Gasteiger partial charge in [-0.25, -0.2) is 4.79 Å². The van der Waals surface area contributed by atoms with Crippen LogP contribution >= 0.6 is 0 Å². The smallest absolute Gasteiger partial charge is 0.335 e. The van der Waals surface area contributed by atoms with E-state index in [2.05, 4.69) is 10.5 Å². The van der Waals surface area contributed by atoms with Crippen LogP contribution in [-0.2, 0) is 11.2 Å². The number of hydrogen-bond donors (Lipinski definition) is 2. The summed E-state index contributed by atoms with van der Waals surface area (Å²) < 4.78 is 5.35. The summed E-state index contributed by atoms with van der Waals surface area (Å²) in [4.78, 5) is 23.5. The Morgan fingerprint density at radius 3 is 2.60 bits per heavy atom. The van der Waals surface area contributed by atoms with E-state index in [1.54, 1.807) is 13.0 Å². The normalized spacial score (nSPS) is 10.8. The summed E-state index contributed by atoms with van der Waals surface area (Å²) >= 11 is 0. The summed E-state index contributed by atoms with van der Waals surface area (Å²) in [6, 6.07) is 8.56. The van der Waals surface area contributed by atoms with Crippen molar-refractivity contribution in [3.05, 3.63) is 58.3 Å². The molecule has 0 aliphatic heterocycles. The van der Waals surface area contributed by atoms with Gasteiger partial charge in [0.05, 0.1) is 12.0 Å². The number of rotatable bonds is 4. The Morgan fingerprint density at radius 2 is 1.88 bits per heavy atom. The third-order valence-electron chi connectivity index (χ3n) is 4.06. The molecule has 0 unspecified atom stereocenters. The summed E-state index contributed by atoms with van der Waals surface area (Å²) in [7, 11) is 0. The molecule has 0 radical (unpaired) electrons. The highest BCUT2D eigenvalue weighted by Crippen LogP contribution is 2.24. The van der Waals surface area contributed by atoms with Crippen molar-refractivity contribution in [1.82, 2.24) is 5.16 Å². The zero-order chi connectivity index (χ0) is 18.1. The minimum absolute atomic E-state index is 0.0482. The Hall–Kier alpha value is -3.15. The van der Waals surface area contributed by atoms with Crippen LogP contribution in [0, 0.1) is 20.8 Å². The Balaban J connectivity index is 1.84. The summed E-state index contributed by atoms with van der Waals surface area (Å²) in [6.07, 6.45) is 0.0482. The highest BCUT2D eigenvalue weighted by molar-refractivity contribution is 5.97. The standard InChI is InChI=1S/C19H18N2O4/c1-10-6-12(3)18-14(7-10)16(21-25-18)9-17(22)20-15-8-13(19(23)24)5-4-11(15)2/h4-8H,9H2,1-3H3,(H,20,22)(H,23,24). The number of carboxylic acid groups (broad SMARTS) is 1. The molecule has 0 aliphatic carbocycles. The number of carbonyl (C=O) groups is 2. The van der Waals surface area contributed by atoms with E-state index in [1.165, 1.54) is 12.1 Å². The first-order chi connectivity index (χ1) is 11.8. The fraction of sp³-hybridized carbons (Fsp3) is 0.211. The number of nitrogens with zero attached hydrogens (tertiary/aromatic N) is 1. The predicted octanol–water partition coefficient (Wildman–Crippen LogP) is 3.63. The first-order valence-corrected chi connectivity index (χ1v) is 7.84. The number of aryl methyl sites for hydroxylation is 3. The van der Waals surface area contributed by atoms with E-state index in [1.807, 2.05) is 26.0 Å². The molecule has 0 saturated heterocycles. The summed E-state index contributed by atoms with van der Waals surface area (Å²) in [5, 5.41) is 16.7. The van der Waals surface area contributed by atoms with E-state index in [0.717, 1.165) is 22.1 Å². The molecule has 1 heterocycles. The van der Waals surface area contributed by atoms with Crippen molar-refractivity contribution in [2.75, 3.05) is 5.32 Å². The lowest BCUT2D eigenvalue weighted by molar-refractivity contribution is -0.115. The predicted molar refractivity (Wildman–Crippen MR) is 94.0 cm³/mol. The first kappa shape index (κ1) is 16.7. The van der Waals surface area contributed by atoms with Crippen LogP contribution in [0.4, 0.5) is 5.69 Å². The molecule has 2 aromatic carbocycles. The minimum Gasteiger partial charge on any atom is -0.478 e. The Kier molecular flexibility index (Phi) is 4.27. The van der Waals surface area contributed by atoms with Crippen molar-refractivity contribution in [1.29, 1.82) is 0 Å². The number of carbonyl (C=O) groups excluding carboxylic acids is 1. The first-order valence-electron chi connectivity index (χ1n) is 7.84. The number of anilines is 1. The monoisotopic (exact) mass is 338 g/mol. The molecule has 0 aliphatic rings. The SMILES string of the molecule is Cc1cc(C)c2onc(CC(=O)Nc3cc(C(=O)O)ccc3C)c2c1. The summed E-state index contributed by atoms with van der Waals surface area (Å²) in [5.41, 5.74) is 4.67. The second-order valence-electron chi connectivity index (χ2n) is 6.15. The van der Waals surface area contributed by atoms with Gasteiger partial charge in [0, 0.05) is 11.1 Å². The van der Waals surface area contributed by atoms with Crippen molar-refractivity contribution in [2.45, 2.75) is 27.2 Å². The average molecular weight is 338 g/mol. The van der Waals surface area contributed by atoms with E-state index >= 15 is 0 Å². The molecule has 0 atom stereocenters. The molecule has 0 saturated carbocycles. The zero-order valence-electron chi connectivity index (χ0n) is 14.2. The Morgan fingerprint density at radius 1 is 1.12 bits per heavy atom. The van der Waals surface area contributed by atoms with Gasteiger partial charge in [0.25, 0.3) is 0 Å². The summed E-state index contributed by atoms with van der Waals surface area (Å²) in [6.45, 7) is 5.72. The van der Waals surface area contributed by atoms with Crippen molar-refractivity contribution in [3.63, 3.8) is 0 Å². The Labute approximate surface area is 144 Å². The highest BCUT2D eigenvalue weighted by atomic mass is 16.5. The fourth-order valence-corrected chi connectivity index (χ4v) is 2.80. The molecule has 0 fully saturated rings. The van der Waals surface area contributed by atoms with Crippen molar-refractivity contribution in [3.8, 4) is 0 Å². The molecule has 6 nitrogen and oxygen atoms in total. The van der Waals surface area contributed by atoms with Gasteiger partial charge in [0.1, 0.15) is 5.69 Å². The number of aromatic carboxylic acids is 1. The van der Waals surface area contributed by atoms with Crippen molar-refractivity contribution < 1.29 is 19.2 Å². The lowest BCUT2D eigenvalue weighted by atomic mass is 10.1. The van der Waals surface area contributed by atoms with E-state index < -0.39 is 5.97 Å². The van der Waals surface area contributed by atoms with Crippen LogP contribution in [-0.4, -0.2) is 22.1 Å². The van der Waals surface area contributed by atoms with Gasteiger partial charge in [-0.05, 0) is 55.7 Å². The van der Waals surface area contributed by atoms with Crippen molar-refractivity contribution in [2.24, 2.45) is 0 Å². The maximum atomic E-state index is 12.4. The number of carboxylic acids is 1. The van der Waals surface area contributed by atoms with Gasteiger partial charge < -0.3 is 14.9 Å². The van der Waals surface area contributed by atoms with Gasteiger partial charge >= 0.3 is 5.97 Å². The van der Waals surface area contributed by atoms with Crippen LogP contribution in [0.5, 0.6) is 0 Å². The van der Waals surface area contributed by atoms with E-state index in [0.29, 0.717) is 17.0 Å². The van der Waals surface area contributed by atoms with Gasteiger partial charge in [0.15, 0.2) is 5.58 Å². The molecular formula is C19H18N2O4. The zero-order valence-corrected chi connectivity index (χ0v) is 14.2. The molecule has 0 spiro atoms. The molecule has 6 heteroatoms. The highest BCUT2D eigenvalue weighted by Gasteiger charge is 2.15. The molecule has 25 heavy (non-hydrogen) atoms. The molecule has 128 valence electrons. The molecule has 3 rings (SSSR count). The number of benzene rings is 2. The van der Waals surface area contributed by atoms with E-state index in [-0.39, 0.29) is 17.9 Å². The van der Waals surface area contributed by atoms with Gasteiger partial charge in [-0.15, -0.1) is 0 Å².